The first-order valence-electron chi connectivity index (χ1n) is 11.1. The molecule has 0 bridgehead atoms. The summed E-state index contributed by atoms with van der Waals surface area (Å²) in [5.41, 5.74) is 6.31. The Bertz CT molecular complexity index is 1160. The van der Waals surface area contributed by atoms with Crippen molar-refractivity contribution in [2.24, 2.45) is 0 Å². The van der Waals surface area contributed by atoms with E-state index >= 15 is 0 Å². The molecule has 5 nitrogen and oxygen atoms in total. The number of nitrogens with one attached hydrogen (secondary N) is 2. The van der Waals surface area contributed by atoms with E-state index in [1.165, 1.54) is 11.8 Å². The van der Waals surface area contributed by atoms with Crippen molar-refractivity contribution in [3.63, 3.8) is 0 Å². The Labute approximate surface area is 201 Å². The highest BCUT2D eigenvalue weighted by Gasteiger charge is 2.21. The van der Waals surface area contributed by atoms with Crippen molar-refractivity contribution in [1.82, 2.24) is 15.3 Å². The summed E-state index contributed by atoms with van der Waals surface area (Å²) >= 11 is 1.52. The molecule has 0 aliphatic heterocycles. The molecule has 3 aromatic rings. The molecule has 0 spiro atoms. The van der Waals surface area contributed by atoms with Crippen LogP contribution in [0.15, 0.2) is 70.6 Å². The van der Waals surface area contributed by atoms with Crippen LogP contribution < -0.4 is 10.2 Å². The fourth-order valence-corrected chi connectivity index (χ4v) is 3.98. The van der Waals surface area contributed by atoms with E-state index in [2.05, 4.69) is 22.1 Å². The lowest BCUT2D eigenvalue weighted by Gasteiger charge is -2.12. The molecule has 0 aliphatic rings. The van der Waals surface area contributed by atoms with E-state index in [-0.39, 0.29) is 5.91 Å². The number of aromatic amines is 1. The molecule has 0 saturated carbocycles. The van der Waals surface area contributed by atoms with E-state index in [0.29, 0.717) is 17.2 Å². The van der Waals surface area contributed by atoms with Gasteiger partial charge in [-0.3, -0.25) is 4.79 Å². The summed E-state index contributed by atoms with van der Waals surface area (Å²) in [5.74, 6) is 0.467. The van der Waals surface area contributed by atoms with Crippen LogP contribution in [-0.4, -0.2) is 30.0 Å². The van der Waals surface area contributed by atoms with Gasteiger partial charge in [-0.2, -0.15) is 0 Å². The van der Waals surface area contributed by atoms with Crippen LogP contribution in [0, 0.1) is 6.92 Å². The van der Waals surface area contributed by atoms with Gasteiger partial charge in [0.25, 0.3) is 5.91 Å². The highest BCUT2D eigenvalue weighted by molar-refractivity contribution is 8.05. The topological polar surface area (TPSA) is 61.0 Å². The summed E-state index contributed by atoms with van der Waals surface area (Å²) in [6.07, 6.45) is 2.82. The van der Waals surface area contributed by atoms with Gasteiger partial charge in [-0.1, -0.05) is 54.6 Å². The predicted molar refractivity (Wildman–Crippen MR) is 141 cm³/mol. The van der Waals surface area contributed by atoms with Crippen LogP contribution >= 0.6 is 11.8 Å². The number of carbonyl (C=O) groups is 1. The first-order valence-corrected chi connectivity index (χ1v) is 12.0. The summed E-state index contributed by atoms with van der Waals surface area (Å²) < 4.78 is 0. The Hall–Kier alpha value is -3.25. The number of amides is 1. The Kier molecular flexibility index (Phi) is 8.17. The van der Waals surface area contributed by atoms with Gasteiger partial charge < -0.3 is 15.2 Å². The maximum Gasteiger partial charge on any atom is 0.274 e. The molecule has 0 aliphatic carbocycles. The highest BCUT2D eigenvalue weighted by Crippen LogP contribution is 2.29. The lowest BCUT2D eigenvalue weighted by Crippen LogP contribution is -2.23. The molecule has 2 aromatic carbocycles. The van der Waals surface area contributed by atoms with Crippen LogP contribution in [0.4, 0.5) is 5.69 Å². The molecular weight excluding hydrogens is 428 g/mol. The van der Waals surface area contributed by atoms with Crippen molar-refractivity contribution in [2.75, 3.05) is 19.0 Å². The van der Waals surface area contributed by atoms with E-state index in [1.54, 1.807) is 0 Å². The number of allylic oxidation sites excluding steroid dienone is 2. The van der Waals surface area contributed by atoms with Crippen molar-refractivity contribution in [3.05, 3.63) is 81.9 Å². The van der Waals surface area contributed by atoms with Crippen molar-refractivity contribution in [1.29, 1.82) is 0 Å². The van der Waals surface area contributed by atoms with Gasteiger partial charge in [-0.25, -0.2) is 4.98 Å². The highest BCUT2D eigenvalue weighted by atomic mass is 32.2. The average molecular weight is 461 g/mol. The summed E-state index contributed by atoms with van der Waals surface area (Å²) in [6.45, 7) is 8.13. The van der Waals surface area contributed by atoms with Crippen molar-refractivity contribution in [3.8, 4) is 22.6 Å². The number of hydrogen-bond acceptors (Lipinski definition) is 4. The Morgan fingerprint density at radius 1 is 1.09 bits per heavy atom. The van der Waals surface area contributed by atoms with Gasteiger partial charge in [0.1, 0.15) is 17.2 Å². The minimum atomic E-state index is -0.200. The number of aromatic nitrogens is 2. The zero-order valence-corrected chi connectivity index (χ0v) is 21.0. The lowest BCUT2D eigenvalue weighted by molar-refractivity contribution is 0.0964. The fourth-order valence-electron chi connectivity index (χ4n) is 3.21. The first kappa shape index (κ1) is 24.4. The SMILES string of the molecule is C/C=C\SC(NC(=O)c1[nH]c(-c2ccc(N(C)C)cc2)nc1-c1ccc(C)cc1)=C(C)CC. The van der Waals surface area contributed by atoms with Crippen molar-refractivity contribution < 1.29 is 4.79 Å². The lowest BCUT2D eigenvalue weighted by atomic mass is 10.1. The van der Waals surface area contributed by atoms with Gasteiger partial charge in [-0.05, 0) is 62.4 Å². The smallest absolute Gasteiger partial charge is 0.274 e. The maximum absolute atomic E-state index is 13.4. The number of H-pyrrole nitrogens is 1. The van der Waals surface area contributed by atoms with E-state index < -0.39 is 0 Å². The van der Waals surface area contributed by atoms with Gasteiger partial charge in [0.2, 0.25) is 0 Å². The van der Waals surface area contributed by atoms with Crippen LogP contribution in [0.2, 0.25) is 0 Å². The third kappa shape index (κ3) is 5.96. The minimum Gasteiger partial charge on any atom is -0.378 e. The zero-order valence-electron chi connectivity index (χ0n) is 20.2. The van der Waals surface area contributed by atoms with Crippen LogP contribution in [-0.2, 0) is 0 Å². The molecule has 0 radical (unpaired) electrons. The first-order chi connectivity index (χ1) is 15.8. The number of rotatable bonds is 8. The molecule has 172 valence electrons. The summed E-state index contributed by atoms with van der Waals surface area (Å²) in [5, 5.41) is 5.93. The molecule has 0 atom stereocenters. The van der Waals surface area contributed by atoms with E-state index in [1.807, 2.05) is 94.9 Å². The van der Waals surface area contributed by atoms with E-state index in [9.17, 15) is 4.79 Å². The maximum atomic E-state index is 13.4. The molecular formula is C27H32N4OS. The zero-order chi connectivity index (χ0) is 24.0. The van der Waals surface area contributed by atoms with Gasteiger partial charge >= 0.3 is 0 Å². The van der Waals surface area contributed by atoms with Crippen molar-refractivity contribution >= 4 is 23.4 Å². The average Bonchev–Trinajstić information content (AvgIpc) is 3.27. The van der Waals surface area contributed by atoms with Gasteiger partial charge in [0.05, 0.1) is 5.03 Å². The molecule has 0 saturated heterocycles. The summed E-state index contributed by atoms with van der Waals surface area (Å²) in [4.78, 5) is 23.6. The second-order valence-corrected chi connectivity index (χ2v) is 9.04. The summed E-state index contributed by atoms with van der Waals surface area (Å²) in [6, 6.07) is 16.2. The van der Waals surface area contributed by atoms with Crippen LogP contribution in [0.1, 0.15) is 43.2 Å². The second kappa shape index (κ2) is 11.1. The third-order valence-electron chi connectivity index (χ3n) is 5.38. The van der Waals surface area contributed by atoms with Gasteiger partial charge in [0.15, 0.2) is 0 Å². The second-order valence-electron chi connectivity index (χ2n) is 8.12. The normalized spacial score (nSPS) is 12.1. The number of benzene rings is 2. The quantitative estimate of drug-likeness (QED) is 0.390. The fraction of sp³-hybridized carbons (Fsp3) is 0.259. The van der Waals surface area contributed by atoms with Gasteiger partial charge in [0, 0.05) is 30.9 Å². The number of nitrogens with zero attached hydrogens (tertiary/aromatic N) is 2. The number of anilines is 1. The molecule has 1 aromatic heterocycles. The van der Waals surface area contributed by atoms with Gasteiger partial charge in [-0.15, -0.1) is 0 Å². The number of thioether (sulfide) groups is 1. The standard InChI is InChI=1S/C27H32N4OS/c1-7-17-33-27(19(4)8-2)30-26(32)24-23(20-11-9-18(3)10-12-20)28-25(29-24)21-13-15-22(16-14-21)31(5)6/h7,9-17H,8H2,1-6H3,(H,28,29)(H,30,32)/b17-7-,27-19?. The third-order valence-corrected chi connectivity index (χ3v) is 6.47. The Balaban J connectivity index is 2.04. The largest absolute Gasteiger partial charge is 0.378 e. The van der Waals surface area contributed by atoms with E-state index in [4.69, 9.17) is 4.98 Å². The number of aryl methyl sites for hydroxylation is 1. The molecule has 6 heteroatoms. The predicted octanol–water partition coefficient (Wildman–Crippen LogP) is 6.76. The van der Waals surface area contributed by atoms with E-state index in [0.717, 1.165) is 39.4 Å². The molecule has 1 heterocycles. The molecule has 0 fully saturated rings. The number of carbonyl (C=O) groups excluding carboxylic acids is 1. The number of hydrogen-bond donors (Lipinski definition) is 2. The molecule has 2 N–H and O–H groups in total. The number of imidazole rings is 1. The molecule has 33 heavy (non-hydrogen) atoms. The molecule has 3 rings (SSSR count). The van der Waals surface area contributed by atoms with Crippen LogP contribution in [0.5, 0.6) is 0 Å². The summed E-state index contributed by atoms with van der Waals surface area (Å²) in [7, 11) is 4.02. The Morgan fingerprint density at radius 2 is 1.73 bits per heavy atom. The van der Waals surface area contributed by atoms with Crippen LogP contribution in [0.3, 0.4) is 0 Å². The molecule has 0 unspecified atom stereocenters. The monoisotopic (exact) mass is 460 g/mol. The van der Waals surface area contributed by atoms with Crippen molar-refractivity contribution in [2.45, 2.75) is 34.1 Å². The molecule has 1 amide bonds. The van der Waals surface area contributed by atoms with Crippen LogP contribution in [0.25, 0.3) is 22.6 Å². The Morgan fingerprint density at radius 3 is 2.30 bits per heavy atom. The minimum absolute atomic E-state index is 0.200.